The molecule has 7 heteroatoms. The monoisotopic (exact) mass is 405 g/mol. The lowest BCUT2D eigenvalue weighted by Crippen LogP contribution is -2.34. The van der Waals surface area contributed by atoms with Crippen LogP contribution in [0, 0.1) is 0 Å². The zero-order chi connectivity index (χ0) is 20.5. The van der Waals surface area contributed by atoms with Crippen LogP contribution in [0.4, 0.5) is 0 Å². The normalized spacial score (nSPS) is 11.2. The van der Waals surface area contributed by atoms with Crippen molar-refractivity contribution < 1.29 is 24.5 Å². The molecule has 0 spiro atoms. The molecule has 0 saturated carbocycles. The van der Waals surface area contributed by atoms with Crippen LogP contribution in [0.3, 0.4) is 0 Å². The molecule has 2 N–H and O–H groups in total. The van der Waals surface area contributed by atoms with Gasteiger partial charge < -0.3 is 24.6 Å². The van der Waals surface area contributed by atoms with Gasteiger partial charge in [0.1, 0.15) is 0 Å². The van der Waals surface area contributed by atoms with Crippen molar-refractivity contribution in [2.45, 2.75) is 0 Å². The number of methoxy groups -OCH3 is 2. The molecule has 0 atom stereocenters. The second-order valence-corrected chi connectivity index (χ2v) is 6.34. The smallest absolute Gasteiger partial charge is 0.247 e. The number of carbonyl (C=O) groups is 1. The molecule has 150 valence electrons. The molecule has 0 radical (unpaired) electrons. The van der Waals surface area contributed by atoms with Gasteiger partial charge in [-0.1, -0.05) is 29.8 Å². The molecule has 0 fully saturated rings. The number of benzene rings is 2. The summed E-state index contributed by atoms with van der Waals surface area (Å²) in [6.07, 6.45) is 1.48. The Kier molecular flexibility index (Phi) is 8.32. The van der Waals surface area contributed by atoms with E-state index >= 15 is 0 Å². The Morgan fingerprint density at radius 1 is 0.964 bits per heavy atom. The van der Waals surface area contributed by atoms with Gasteiger partial charge in [0.25, 0.3) is 0 Å². The van der Waals surface area contributed by atoms with Crippen LogP contribution in [0.1, 0.15) is 11.1 Å². The number of rotatable bonds is 9. The van der Waals surface area contributed by atoms with E-state index < -0.39 is 0 Å². The summed E-state index contributed by atoms with van der Waals surface area (Å²) in [5.74, 6) is 0.799. The van der Waals surface area contributed by atoms with Crippen LogP contribution < -0.4 is 9.47 Å². The lowest BCUT2D eigenvalue weighted by molar-refractivity contribution is -0.127. The van der Waals surface area contributed by atoms with E-state index in [9.17, 15) is 15.0 Å². The lowest BCUT2D eigenvalue weighted by Gasteiger charge is -2.20. The zero-order valence-corrected chi connectivity index (χ0v) is 16.6. The van der Waals surface area contributed by atoms with Crippen molar-refractivity contribution in [1.82, 2.24) is 4.90 Å². The van der Waals surface area contributed by atoms with E-state index in [1.165, 1.54) is 11.0 Å². The molecule has 2 aromatic rings. The van der Waals surface area contributed by atoms with Crippen LogP contribution in [0.25, 0.3) is 5.57 Å². The standard InChI is InChI=1S/C21H24ClNO5/c1-27-19-8-5-16(13-20(19)28-2)18(15-3-6-17(22)7-4-15)14-21(26)23(9-11-24)10-12-25/h3-8,13-14,24-25H,9-12H2,1-2H3. The molecule has 0 unspecified atom stereocenters. The molecular weight excluding hydrogens is 382 g/mol. The van der Waals surface area contributed by atoms with Crippen molar-refractivity contribution in [2.24, 2.45) is 0 Å². The third-order valence-electron chi connectivity index (χ3n) is 4.17. The van der Waals surface area contributed by atoms with E-state index in [4.69, 9.17) is 21.1 Å². The molecule has 0 saturated heterocycles. The second-order valence-electron chi connectivity index (χ2n) is 5.91. The maximum absolute atomic E-state index is 12.8. The first kappa shape index (κ1) is 21.8. The molecule has 28 heavy (non-hydrogen) atoms. The fourth-order valence-corrected chi connectivity index (χ4v) is 2.88. The Hall–Kier alpha value is -2.54. The van der Waals surface area contributed by atoms with Crippen molar-refractivity contribution in [3.8, 4) is 11.5 Å². The average molecular weight is 406 g/mol. The summed E-state index contributed by atoms with van der Waals surface area (Å²) in [5.41, 5.74) is 2.20. The molecule has 0 aliphatic carbocycles. The average Bonchev–Trinajstić information content (AvgIpc) is 2.72. The van der Waals surface area contributed by atoms with Crippen LogP contribution in [0.2, 0.25) is 5.02 Å². The van der Waals surface area contributed by atoms with Crippen LogP contribution in [-0.4, -0.2) is 61.5 Å². The number of nitrogens with zero attached hydrogens (tertiary/aromatic N) is 1. The number of hydrogen-bond donors (Lipinski definition) is 2. The minimum Gasteiger partial charge on any atom is -0.493 e. The number of halogens is 1. The summed E-state index contributed by atoms with van der Waals surface area (Å²) < 4.78 is 10.7. The molecule has 0 aliphatic heterocycles. The van der Waals surface area contributed by atoms with Crippen molar-refractivity contribution in [3.63, 3.8) is 0 Å². The fourth-order valence-electron chi connectivity index (χ4n) is 2.75. The largest absolute Gasteiger partial charge is 0.493 e. The van der Waals surface area contributed by atoms with Crippen molar-refractivity contribution in [2.75, 3.05) is 40.5 Å². The van der Waals surface area contributed by atoms with Gasteiger partial charge in [0.05, 0.1) is 27.4 Å². The molecule has 0 aliphatic rings. The zero-order valence-electron chi connectivity index (χ0n) is 15.9. The highest BCUT2D eigenvalue weighted by atomic mass is 35.5. The van der Waals surface area contributed by atoms with Gasteiger partial charge in [-0.2, -0.15) is 0 Å². The van der Waals surface area contributed by atoms with Crippen molar-refractivity contribution >= 4 is 23.1 Å². The van der Waals surface area contributed by atoms with Gasteiger partial charge in [-0.3, -0.25) is 4.79 Å². The maximum Gasteiger partial charge on any atom is 0.247 e. The Balaban J connectivity index is 2.54. The number of carbonyl (C=O) groups excluding carboxylic acids is 1. The first-order valence-corrected chi connectivity index (χ1v) is 9.12. The quantitative estimate of drug-likeness (QED) is 0.627. The van der Waals surface area contributed by atoms with E-state index in [0.29, 0.717) is 22.1 Å². The molecule has 0 bridgehead atoms. The number of hydrogen-bond acceptors (Lipinski definition) is 5. The molecular formula is C21H24ClNO5. The molecule has 0 heterocycles. The Morgan fingerprint density at radius 2 is 1.54 bits per heavy atom. The van der Waals surface area contributed by atoms with Gasteiger partial charge >= 0.3 is 0 Å². The highest BCUT2D eigenvalue weighted by molar-refractivity contribution is 6.30. The van der Waals surface area contributed by atoms with Crippen LogP contribution in [0.5, 0.6) is 11.5 Å². The summed E-state index contributed by atoms with van der Waals surface area (Å²) in [5, 5.41) is 19.0. The minimum atomic E-state index is -0.317. The van der Waals surface area contributed by atoms with Gasteiger partial charge in [0.2, 0.25) is 5.91 Å². The third kappa shape index (κ3) is 5.48. The van der Waals surface area contributed by atoms with E-state index in [1.54, 1.807) is 38.5 Å². The summed E-state index contributed by atoms with van der Waals surface area (Å²) in [6.45, 7) is -0.107. The topological polar surface area (TPSA) is 79.2 Å². The number of aliphatic hydroxyl groups is 2. The predicted octanol–water partition coefficient (Wildman–Crippen LogP) is 2.60. The molecule has 0 aromatic heterocycles. The maximum atomic E-state index is 12.8. The first-order chi connectivity index (χ1) is 13.5. The molecule has 2 aromatic carbocycles. The summed E-state index contributed by atoms with van der Waals surface area (Å²) >= 11 is 6.00. The number of aliphatic hydroxyl groups excluding tert-OH is 2. The van der Waals surface area contributed by atoms with E-state index in [1.807, 2.05) is 18.2 Å². The third-order valence-corrected chi connectivity index (χ3v) is 4.42. The van der Waals surface area contributed by atoms with Crippen molar-refractivity contribution in [1.29, 1.82) is 0 Å². The summed E-state index contributed by atoms with van der Waals surface area (Å²) in [4.78, 5) is 14.2. The van der Waals surface area contributed by atoms with Crippen LogP contribution in [0.15, 0.2) is 48.5 Å². The Bertz CT molecular complexity index is 814. The number of ether oxygens (including phenoxy) is 2. The van der Waals surface area contributed by atoms with E-state index in [-0.39, 0.29) is 32.2 Å². The molecule has 1 amide bonds. The Morgan fingerprint density at radius 3 is 2.07 bits per heavy atom. The lowest BCUT2D eigenvalue weighted by atomic mass is 9.96. The minimum absolute atomic E-state index is 0.135. The van der Waals surface area contributed by atoms with Gasteiger partial charge in [0.15, 0.2) is 11.5 Å². The fraction of sp³-hybridized carbons (Fsp3) is 0.286. The van der Waals surface area contributed by atoms with Crippen LogP contribution >= 0.6 is 11.6 Å². The van der Waals surface area contributed by atoms with Gasteiger partial charge in [-0.15, -0.1) is 0 Å². The summed E-state index contributed by atoms with van der Waals surface area (Å²) in [7, 11) is 3.10. The van der Waals surface area contributed by atoms with E-state index in [2.05, 4.69) is 0 Å². The molecule has 6 nitrogen and oxygen atoms in total. The first-order valence-electron chi connectivity index (χ1n) is 8.74. The molecule has 2 rings (SSSR count). The van der Waals surface area contributed by atoms with Gasteiger partial charge in [-0.25, -0.2) is 0 Å². The second kappa shape index (κ2) is 10.7. The predicted molar refractivity (Wildman–Crippen MR) is 109 cm³/mol. The Labute approximate surface area is 169 Å². The van der Waals surface area contributed by atoms with Gasteiger partial charge in [0, 0.05) is 24.2 Å². The number of amides is 1. The van der Waals surface area contributed by atoms with E-state index in [0.717, 1.165) is 11.1 Å². The highest BCUT2D eigenvalue weighted by Crippen LogP contribution is 2.33. The van der Waals surface area contributed by atoms with Gasteiger partial charge in [-0.05, 0) is 41.0 Å². The van der Waals surface area contributed by atoms with Crippen molar-refractivity contribution in [3.05, 3.63) is 64.7 Å². The SMILES string of the molecule is COc1ccc(C(=CC(=O)N(CCO)CCO)c2ccc(Cl)cc2)cc1OC. The highest BCUT2D eigenvalue weighted by Gasteiger charge is 2.15. The summed E-state index contributed by atoms with van der Waals surface area (Å²) in [6, 6.07) is 12.5. The van der Waals surface area contributed by atoms with Crippen LogP contribution in [-0.2, 0) is 4.79 Å².